The van der Waals surface area contributed by atoms with Gasteiger partial charge < -0.3 is 9.16 Å². The molecule has 0 N–H and O–H groups in total. The number of halogens is 1. The normalized spacial score (nSPS) is 15.2. The van der Waals surface area contributed by atoms with Crippen molar-refractivity contribution in [3.63, 3.8) is 0 Å². The molecular weight excluding hydrogens is 388 g/mol. The van der Waals surface area contributed by atoms with Gasteiger partial charge in [0.05, 0.1) is 12.7 Å². The minimum atomic E-state index is -1.84. The topological polar surface area (TPSA) is 35.5 Å². The van der Waals surface area contributed by atoms with E-state index in [1.807, 2.05) is 0 Å². The molecule has 0 spiro atoms. The third kappa shape index (κ3) is 7.38. The van der Waals surface area contributed by atoms with Crippen molar-refractivity contribution in [1.82, 2.24) is 0 Å². The van der Waals surface area contributed by atoms with Gasteiger partial charge in [-0.15, -0.1) is 0 Å². The summed E-state index contributed by atoms with van der Waals surface area (Å²) in [5, 5.41) is 0.333. The molecule has 0 saturated carbocycles. The molecule has 3 nitrogen and oxygen atoms in total. The van der Waals surface area contributed by atoms with Crippen LogP contribution in [0.5, 0.6) is 0 Å². The summed E-state index contributed by atoms with van der Waals surface area (Å²) in [4.78, 5) is 11.7. The molecule has 0 aliphatic heterocycles. The monoisotopic (exact) mass is 424 g/mol. The molecule has 0 saturated heterocycles. The molecule has 0 aromatic heterocycles. The smallest absolute Gasteiger partial charge is 0.349 e. The lowest BCUT2D eigenvalue weighted by molar-refractivity contribution is -0.137. The second kappa shape index (κ2) is 10.6. The number of esters is 1. The van der Waals surface area contributed by atoms with Crippen LogP contribution in [0.4, 0.5) is 0 Å². The van der Waals surface area contributed by atoms with Gasteiger partial charge in [0.25, 0.3) is 0 Å². The van der Waals surface area contributed by atoms with E-state index < -0.39 is 14.3 Å². The summed E-state index contributed by atoms with van der Waals surface area (Å²) in [6.45, 7) is 17.7. The quantitative estimate of drug-likeness (QED) is 0.242. The molecule has 0 aliphatic rings. The summed E-state index contributed by atoms with van der Waals surface area (Å²) in [5.41, 5.74) is 2.43. The van der Waals surface area contributed by atoms with Gasteiger partial charge in [0, 0.05) is 0 Å². The number of ether oxygens (including phenoxy) is 1. The summed E-state index contributed by atoms with van der Waals surface area (Å²) < 4.78 is 11.6. The molecule has 28 heavy (non-hydrogen) atoms. The van der Waals surface area contributed by atoms with E-state index in [2.05, 4.69) is 72.0 Å². The third-order valence-electron chi connectivity index (χ3n) is 5.40. The minimum absolute atomic E-state index is 0.106. The van der Waals surface area contributed by atoms with Crippen LogP contribution < -0.4 is 0 Å². The predicted octanol–water partition coefficient (Wildman–Crippen LogP) is 7.02. The van der Waals surface area contributed by atoms with Crippen LogP contribution >= 0.6 is 11.6 Å². The zero-order valence-corrected chi connectivity index (χ0v) is 20.5. The van der Waals surface area contributed by atoms with E-state index in [0.29, 0.717) is 6.61 Å². The number of carbonyl (C=O) groups is 1. The maximum atomic E-state index is 11.7. The lowest BCUT2D eigenvalue weighted by Crippen LogP contribution is -2.41. The first-order chi connectivity index (χ1) is 12.9. The Morgan fingerprint density at radius 1 is 1.25 bits per heavy atom. The molecule has 1 rings (SSSR count). The number of allylic oxidation sites excluding steroid dienone is 1. The molecule has 158 valence electrons. The summed E-state index contributed by atoms with van der Waals surface area (Å²) in [7, 11) is -1.84. The van der Waals surface area contributed by atoms with Crippen LogP contribution in [-0.2, 0) is 20.4 Å². The Morgan fingerprint density at radius 3 is 2.43 bits per heavy atom. The van der Waals surface area contributed by atoms with Crippen molar-refractivity contribution in [2.24, 2.45) is 5.92 Å². The van der Waals surface area contributed by atoms with Gasteiger partial charge >= 0.3 is 5.97 Å². The van der Waals surface area contributed by atoms with Gasteiger partial charge in [0.15, 0.2) is 8.32 Å². The Kier molecular flexibility index (Phi) is 9.45. The van der Waals surface area contributed by atoms with Gasteiger partial charge in [-0.3, -0.25) is 0 Å². The zero-order chi connectivity index (χ0) is 21.5. The Bertz CT molecular complexity index is 677. The van der Waals surface area contributed by atoms with E-state index in [1.54, 1.807) is 13.0 Å². The third-order valence-corrected chi connectivity index (χ3v) is 10.2. The van der Waals surface area contributed by atoms with Crippen molar-refractivity contribution in [2.75, 3.05) is 6.61 Å². The van der Waals surface area contributed by atoms with E-state index in [0.717, 1.165) is 12.8 Å². The van der Waals surface area contributed by atoms with E-state index in [-0.39, 0.29) is 22.1 Å². The van der Waals surface area contributed by atoms with Gasteiger partial charge in [0.2, 0.25) is 0 Å². The molecule has 0 amide bonds. The highest BCUT2D eigenvalue weighted by Gasteiger charge is 2.39. The molecule has 0 radical (unpaired) electrons. The van der Waals surface area contributed by atoms with Gasteiger partial charge in [0.1, 0.15) is 5.03 Å². The van der Waals surface area contributed by atoms with Gasteiger partial charge in [-0.1, -0.05) is 76.6 Å². The molecule has 2 atom stereocenters. The van der Waals surface area contributed by atoms with Crippen molar-refractivity contribution < 1.29 is 14.0 Å². The summed E-state index contributed by atoms with van der Waals surface area (Å²) in [5.74, 6) is -0.327. The lowest BCUT2D eigenvalue weighted by atomic mass is 9.97. The van der Waals surface area contributed by atoms with Crippen LogP contribution in [0.25, 0.3) is 0 Å². The van der Waals surface area contributed by atoms with Crippen LogP contribution in [0, 0.1) is 5.92 Å². The van der Waals surface area contributed by atoms with Crippen molar-refractivity contribution >= 4 is 25.9 Å². The maximum Gasteiger partial charge on any atom is 0.349 e. The van der Waals surface area contributed by atoms with E-state index >= 15 is 0 Å². The van der Waals surface area contributed by atoms with Crippen molar-refractivity contribution in [3.05, 3.63) is 46.5 Å². The van der Waals surface area contributed by atoms with Crippen LogP contribution in [0.3, 0.4) is 0 Å². The fourth-order valence-electron chi connectivity index (χ4n) is 2.79. The first kappa shape index (κ1) is 24.9. The highest BCUT2D eigenvalue weighted by molar-refractivity contribution is 6.74. The Morgan fingerprint density at radius 2 is 1.89 bits per heavy atom. The molecule has 1 aromatic carbocycles. The second-order valence-corrected chi connectivity index (χ2v) is 14.1. The van der Waals surface area contributed by atoms with Gasteiger partial charge in [-0.05, 0) is 54.9 Å². The number of carbonyl (C=O) groups excluding carboxylic acids is 1. The van der Waals surface area contributed by atoms with Crippen molar-refractivity contribution in [1.29, 1.82) is 0 Å². The molecule has 0 fully saturated rings. The maximum absolute atomic E-state index is 11.7. The number of hydrogen-bond donors (Lipinski definition) is 0. The van der Waals surface area contributed by atoms with E-state index in [9.17, 15) is 4.79 Å². The number of benzene rings is 1. The second-order valence-electron chi connectivity index (χ2n) is 8.94. The van der Waals surface area contributed by atoms with E-state index in [1.165, 1.54) is 11.1 Å². The highest BCUT2D eigenvalue weighted by Crippen LogP contribution is 2.40. The average molecular weight is 425 g/mol. The van der Waals surface area contributed by atoms with Crippen LogP contribution in [-0.4, -0.2) is 20.9 Å². The fraction of sp³-hybridized carbons (Fsp3) is 0.609. The van der Waals surface area contributed by atoms with Crippen LogP contribution in [0.2, 0.25) is 18.1 Å². The molecule has 0 heterocycles. The number of hydrogen-bond acceptors (Lipinski definition) is 3. The van der Waals surface area contributed by atoms with Gasteiger partial charge in [-0.2, -0.15) is 0 Å². The molecule has 5 heteroatoms. The highest BCUT2D eigenvalue weighted by atomic mass is 35.5. The molecule has 1 aromatic rings. The minimum Gasteiger partial charge on any atom is -0.462 e. The molecular formula is C23H37ClO3Si. The SMILES string of the molecule is CCOC(=O)/C(Cl)=C/[C@@H](C)Cc1cccc([C@H](CC)O[Si](C)(C)C(C)(C)C)c1. The number of rotatable bonds is 9. The van der Waals surface area contributed by atoms with Crippen molar-refractivity contribution in [2.45, 2.75) is 78.6 Å². The van der Waals surface area contributed by atoms with Crippen LogP contribution in [0.15, 0.2) is 35.4 Å². The predicted molar refractivity (Wildman–Crippen MR) is 121 cm³/mol. The van der Waals surface area contributed by atoms with Crippen LogP contribution in [0.1, 0.15) is 65.2 Å². The Hall–Kier alpha value is -1.10. The summed E-state index contributed by atoms with van der Waals surface area (Å²) >= 11 is 6.06. The first-order valence-corrected chi connectivity index (χ1v) is 13.5. The van der Waals surface area contributed by atoms with Gasteiger partial charge in [-0.25, -0.2) is 4.79 Å². The molecule has 0 aliphatic carbocycles. The summed E-state index contributed by atoms with van der Waals surface area (Å²) in [6, 6.07) is 8.58. The zero-order valence-electron chi connectivity index (χ0n) is 18.8. The standard InChI is InChI=1S/C23H37ClO3Si/c1-9-21(27-28(7,8)23(4,5)6)19-13-11-12-18(16-19)14-17(3)15-20(24)22(25)26-10-2/h11-13,15-17,21H,9-10,14H2,1-8H3/b20-15-/t17-,21-/m0/s1. The lowest BCUT2D eigenvalue weighted by Gasteiger charge is -2.39. The average Bonchev–Trinajstić information content (AvgIpc) is 2.58. The van der Waals surface area contributed by atoms with Crippen molar-refractivity contribution in [3.8, 4) is 0 Å². The Balaban J connectivity index is 2.93. The summed E-state index contributed by atoms with van der Waals surface area (Å²) in [6.07, 6.45) is 3.63. The largest absolute Gasteiger partial charge is 0.462 e. The molecule has 0 bridgehead atoms. The van der Waals surface area contributed by atoms with E-state index in [4.69, 9.17) is 20.8 Å². The molecule has 0 unspecified atom stereocenters. The first-order valence-electron chi connectivity index (χ1n) is 10.2. The fourth-order valence-corrected chi connectivity index (χ4v) is 4.43. The Labute approximate surface area is 177 Å².